The van der Waals surface area contributed by atoms with Crippen molar-refractivity contribution in [3.63, 3.8) is 0 Å². The molecule has 2 rings (SSSR count). The average molecular weight is 469 g/mol. The summed E-state index contributed by atoms with van der Waals surface area (Å²) in [5, 5.41) is 9.58. The van der Waals surface area contributed by atoms with Gasteiger partial charge in [-0.05, 0) is 52.4 Å². The van der Waals surface area contributed by atoms with Crippen LogP contribution in [0.3, 0.4) is 0 Å². The molecule has 5 nitrogen and oxygen atoms in total. The second-order valence-corrected chi connectivity index (χ2v) is 6.52. The van der Waals surface area contributed by atoms with Gasteiger partial charge in [-0.1, -0.05) is 29.8 Å². The molecule has 0 bridgehead atoms. The summed E-state index contributed by atoms with van der Waals surface area (Å²) in [7, 11) is 1.51. The maximum Gasteiger partial charge on any atom is 0.259 e. The number of amides is 1. The van der Waals surface area contributed by atoms with E-state index in [1.807, 2.05) is 18.2 Å². The number of halogens is 2. The fraction of sp³-hybridized carbons (Fsp3) is 0.111. The molecule has 2 aromatic carbocycles. The summed E-state index contributed by atoms with van der Waals surface area (Å²) < 4.78 is 12.0. The van der Waals surface area contributed by atoms with Crippen molar-refractivity contribution >= 4 is 46.2 Å². The highest BCUT2D eigenvalue weighted by atomic mass is 127. The number of nitrogens with two attached hydrogens (primary N) is 1. The first-order valence-electron chi connectivity index (χ1n) is 7.11. The molecule has 0 heterocycles. The Labute approximate surface area is 164 Å². The van der Waals surface area contributed by atoms with Crippen LogP contribution in [-0.4, -0.2) is 13.0 Å². The van der Waals surface area contributed by atoms with Crippen LogP contribution in [0.5, 0.6) is 11.5 Å². The fourth-order valence-corrected chi connectivity index (χ4v) is 3.03. The van der Waals surface area contributed by atoms with Gasteiger partial charge in [-0.25, -0.2) is 0 Å². The first kappa shape index (κ1) is 19.1. The van der Waals surface area contributed by atoms with Crippen molar-refractivity contribution in [2.45, 2.75) is 6.61 Å². The average Bonchev–Trinajstić information content (AvgIpc) is 2.59. The number of nitrogens with zero attached hydrogens (tertiary/aromatic N) is 1. The number of methoxy groups -OCH3 is 1. The van der Waals surface area contributed by atoms with Crippen LogP contribution < -0.4 is 15.2 Å². The van der Waals surface area contributed by atoms with Gasteiger partial charge in [-0.15, -0.1) is 0 Å². The van der Waals surface area contributed by atoms with Crippen molar-refractivity contribution in [2.75, 3.05) is 7.11 Å². The molecule has 2 N–H and O–H groups in total. The molecule has 1 amide bonds. The predicted molar refractivity (Wildman–Crippen MR) is 104 cm³/mol. The molecular formula is C18H14ClIN2O3. The summed E-state index contributed by atoms with van der Waals surface area (Å²) in [6.07, 6.45) is 1.41. The van der Waals surface area contributed by atoms with Crippen molar-refractivity contribution in [1.29, 1.82) is 5.26 Å². The molecule has 0 aliphatic heterocycles. The van der Waals surface area contributed by atoms with Crippen LogP contribution >= 0.6 is 34.2 Å². The zero-order valence-electron chi connectivity index (χ0n) is 13.3. The normalized spacial score (nSPS) is 10.9. The molecular weight excluding hydrogens is 455 g/mol. The quantitative estimate of drug-likeness (QED) is 0.395. The lowest BCUT2D eigenvalue weighted by Crippen LogP contribution is -2.12. The molecule has 0 fully saturated rings. The first-order valence-corrected chi connectivity index (χ1v) is 8.57. The number of nitriles is 1. The van der Waals surface area contributed by atoms with Gasteiger partial charge in [-0.2, -0.15) is 5.26 Å². The summed E-state index contributed by atoms with van der Waals surface area (Å²) in [5.41, 5.74) is 6.49. The van der Waals surface area contributed by atoms with Crippen LogP contribution in [0.4, 0.5) is 0 Å². The Morgan fingerprint density at radius 1 is 1.40 bits per heavy atom. The van der Waals surface area contributed by atoms with E-state index in [1.54, 1.807) is 24.3 Å². The highest BCUT2D eigenvalue weighted by Crippen LogP contribution is 2.35. The maximum atomic E-state index is 11.2. The number of primary amides is 1. The smallest absolute Gasteiger partial charge is 0.259 e. The molecule has 0 radical (unpaired) electrons. The van der Waals surface area contributed by atoms with Crippen LogP contribution in [0.15, 0.2) is 42.0 Å². The summed E-state index contributed by atoms with van der Waals surface area (Å²) in [6.45, 7) is 0.284. The van der Waals surface area contributed by atoms with Gasteiger partial charge < -0.3 is 15.2 Å². The molecule has 2 aromatic rings. The van der Waals surface area contributed by atoms with Gasteiger partial charge in [0.25, 0.3) is 5.91 Å². The van der Waals surface area contributed by atoms with Crippen molar-refractivity contribution < 1.29 is 14.3 Å². The van der Waals surface area contributed by atoms with E-state index >= 15 is 0 Å². The van der Waals surface area contributed by atoms with E-state index in [0.29, 0.717) is 22.1 Å². The summed E-state index contributed by atoms with van der Waals surface area (Å²) in [6, 6.07) is 12.6. The second-order valence-electron chi connectivity index (χ2n) is 4.95. The number of ether oxygens (including phenoxy) is 2. The molecule has 0 spiro atoms. The lowest BCUT2D eigenvalue weighted by molar-refractivity contribution is -0.114. The lowest BCUT2D eigenvalue weighted by Gasteiger charge is -2.14. The van der Waals surface area contributed by atoms with Gasteiger partial charge in [0.05, 0.1) is 10.7 Å². The largest absolute Gasteiger partial charge is 0.493 e. The molecule has 7 heteroatoms. The number of hydrogen-bond donors (Lipinski definition) is 1. The van der Waals surface area contributed by atoms with Gasteiger partial charge >= 0.3 is 0 Å². The third-order valence-electron chi connectivity index (χ3n) is 3.28. The first-order chi connectivity index (χ1) is 12.0. The molecule has 0 unspecified atom stereocenters. The van der Waals surface area contributed by atoms with Crippen LogP contribution in [-0.2, 0) is 11.4 Å². The van der Waals surface area contributed by atoms with E-state index in [1.165, 1.54) is 13.2 Å². The SMILES string of the molecule is COc1cc(/C=C(\C#N)C(N)=O)cc(I)c1OCc1ccccc1Cl. The third-order valence-corrected chi connectivity index (χ3v) is 4.45. The van der Waals surface area contributed by atoms with Crippen LogP contribution in [0.25, 0.3) is 6.08 Å². The maximum absolute atomic E-state index is 11.2. The van der Waals surface area contributed by atoms with Crippen molar-refractivity contribution in [2.24, 2.45) is 5.73 Å². The second kappa shape index (κ2) is 8.74. The standard InChI is InChI=1S/C18H14ClIN2O3/c1-24-16-8-11(6-13(9-21)18(22)23)7-15(20)17(16)25-10-12-4-2-3-5-14(12)19/h2-8H,10H2,1H3,(H2,22,23)/b13-6+. The molecule has 0 aliphatic rings. The summed E-state index contributed by atoms with van der Waals surface area (Å²) >= 11 is 8.23. The van der Waals surface area contributed by atoms with Gasteiger partial charge in [0.15, 0.2) is 11.5 Å². The van der Waals surface area contributed by atoms with E-state index in [4.69, 9.17) is 32.1 Å². The molecule has 128 valence electrons. The van der Waals surface area contributed by atoms with Gasteiger partial charge in [0.2, 0.25) is 0 Å². The molecule has 0 aliphatic carbocycles. The van der Waals surface area contributed by atoms with E-state index in [9.17, 15) is 4.79 Å². The van der Waals surface area contributed by atoms with Crippen molar-refractivity contribution in [1.82, 2.24) is 0 Å². The van der Waals surface area contributed by atoms with Crippen LogP contribution in [0, 0.1) is 14.9 Å². The van der Waals surface area contributed by atoms with Gasteiger partial charge in [-0.3, -0.25) is 4.79 Å². The molecule has 0 atom stereocenters. The monoisotopic (exact) mass is 468 g/mol. The minimum atomic E-state index is -0.782. The number of carbonyl (C=O) groups is 1. The summed E-state index contributed by atoms with van der Waals surface area (Å²) in [4.78, 5) is 11.2. The van der Waals surface area contributed by atoms with Crippen LogP contribution in [0.2, 0.25) is 5.02 Å². The number of rotatable bonds is 6. The zero-order chi connectivity index (χ0) is 18.4. The van der Waals surface area contributed by atoms with E-state index < -0.39 is 5.91 Å². The molecule has 25 heavy (non-hydrogen) atoms. The number of benzene rings is 2. The predicted octanol–water partition coefficient (Wildman–Crippen LogP) is 3.92. The van der Waals surface area contributed by atoms with E-state index in [0.717, 1.165) is 9.13 Å². The number of carbonyl (C=O) groups excluding carboxylic acids is 1. The summed E-state index contributed by atoms with van der Waals surface area (Å²) in [5.74, 6) is 0.250. The molecule has 0 aromatic heterocycles. The highest BCUT2D eigenvalue weighted by Gasteiger charge is 2.13. The topological polar surface area (TPSA) is 85.3 Å². The zero-order valence-corrected chi connectivity index (χ0v) is 16.2. The van der Waals surface area contributed by atoms with Gasteiger partial charge in [0, 0.05) is 10.6 Å². The van der Waals surface area contributed by atoms with Crippen molar-refractivity contribution in [3.8, 4) is 17.6 Å². The minimum absolute atomic E-state index is 0.136. The minimum Gasteiger partial charge on any atom is -0.493 e. The molecule has 0 saturated heterocycles. The van der Waals surface area contributed by atoms with Crippen molar-refractivity contribution in [3.05, 3.63) is 61.7 Å². The Morgan fingerprint density at radius 2 is 2.12 bits per heavy atom. The molecule has 0 saturated carbocycles. The lowest BCUT2D eigenvalue weighted by atomic mass is 10.1. The fourth-order valence-electron chi connectivity index (χ4n) is 2.05. The Hall–Kier alpha value is -2.24. The van der Waals surface area contributed by atoms with E-state index in [2.05, 4.69) is 22.6 Å². The number of hydrogen-bond acceptors (Lipinski definition) is 4. The highest BCUT2D eigenvalue weighted by molar-refractivity contribution is 14.1. The third kappa shape index (κ3) is 4.87. The Morgan fingerprint density at radius 3 is 2.72 bits per heavy atom. The Bertz CT molecular complexity index is 875. The Balaban J connectivity index is 2.33. The van der Waals surface area contributed by atoms with Crippen LogP contribution in [0.1, 0.15) is 11.1 Å². The van der Waals surface area contributed by atoms with E-state index in [-0.39, 0.29) is 12.2 Å². The van der Waals surface area contributed by atoms with Gasteiger partial charge in [0.1, 0.15) is 18.2 Å². The Kier molecular flexibility index (Phi) is 6.67.